The van der Waals surface area contributed by atoms with Crippen molar-refractivity contribution in [2.24, 2.45) is 0 Å². The van der Waals surface area contributed by atoms with E-state index in [1.54, 1.807) is 0 Å². The highest BCUT2D eigenvalue weighted by molar-refractivity contribution is 5.94. The fraction of sp³-hybridized carbons (Fsp3) is 0.417. The van der Waals surface area contributed by atoms with Crippen molar-refractivity contribution in [2.45, 2.75) is 13.0 Å². The van der Waals surface area contributed by atoms with Crippen LogP contribution in [0.3, 0.4) is 0 Å². The van der Waals surface area contributed by atoms with E-state index >= 15 is 0 Å². The highest BCUT2D eigenvalue weighted by Gasteiger charge is 2.10. The van der Waals surface area contributed by atoms with Crippen LogP contribution in [-0.2, 0) is 0 Å². The van der Waals surface area contributed by atoms with Gasteiger partial charge in [0.05, 0.1) is 7.11 Å². The third kappa shape index (κ3) is 3.71. The number of methoxy groups -OCH3 is 1. The summed E-state index contributed by atoms with van der Waals surface area (Å²) in [5, 5.41) is 5.70. The quantitative estimate of drug-likeness (QED) is 0.812. The Kier molecular flexibility index (Phi) is 4.90. The monoisotopic (exact) mass is 240 g/mol. The van der Waals surface area contributed by atoms with Crippen LogP contribution >= 0.6 is 0 Å². The smallest absolute Gasteiger partial charge is 0.251 e. The molecule has 0 bridgehead atoms. The summed E-state index contributed by atoms with van der Waals surface area (Å²) < 4.78 is 18.1. The Morgan fingerprint density at radius 2 is 2.24 bits per heavy atom. The molecular formula is C12H17FN2O2. The van der Waals surface area contributed by atoms with Gasteiger partial charge in [-0.1, -0.05) is 0 Å². The van der Waals surface area contributed by atoms with Crippen LogP contribution in [-0.4, -0.2) is 32.7 Å². The van der Waals surface area contributed by atoms with Gasteiger partial charge in [-0.2, -0.15) is 0 Å². The number of carbonyl (C=O) groups is 1. The Morgan fingerprint density at radius 1 is 1.53 bits per heavy atom. The van der Waals surface area contributed by atoms with Crippen molar-refractivity contribution >= 4 is 5.91 Å². The molecule has 4 nitrogen and oxygen atoms in total. The maximum absolute atomic E-state index is 13.4. The number of likely N-dealkylation sites (N-methyl/N-ethyl adjacent to an activating group) is 1. The molecule has 0 spiro atoms. The number of ether oxygens (including phenoxy) is 1. The fourth-order valence-corrected chi connectivity index (χ4v) is 1.26. The molecule has 0 aliphatic heterocycles. The van der Waals surface area contributed by atoms with Crippen molar-refractivity contribution < 1.29 is 13.9 Å². The zero-order chi connectivity index (χ0) is 12.8. The second-order valence-electron chi connectivity index (χ2n) is 3.75. The van der Waals surface area contributed by atoms with Gasteiger partial charge in [-0.25, -0.2) is 4.39 Å². The van der Waals surface area contributed by atoms with E-state index in [1.807, 2.05) is 14.0 Å². The first kappa shape index (κ1) is 13.4. The number of amides is 1. The highest BCUT2D eigenvalue weighted by Crippen LogP contribution is 2.17. The maximum atomic E-state index is 13.4. The number of nitrogens with one attached hydrogen (secondary N) is 2. The molecule has 1 rings (SSSR count). The molecule has 1 unspecified atom stereocenters. The Labute approximate surface area is 100 Å². The topological polar surface area (TPSA) is 50.4 Å². The first-order chi connectivity index (χ1) is 8.08. The molecule has 0 aromatic heterocycles. The molecule has 0 fully saturated rings. The standard InChI is InChI=1S/C12H17FN2O2/c1-8(14-2)7-15-12(16)9-4-5-11(17-3)10(13)6-9/h4-6,8,14H,7H2,1-3H3,(H,15,16). The van der Waals surface area contributed by atoms with E-state index in [-0.39, 0.29) is 23.3 Å². The van der Waals surface area contributed by atoms with Crippen molar-refractivity contribution in [2.75, 3.05) is 20.7 Å². The summed E-state index contributed by atoms with van der Waals surface area (Å²) in [5.41, 5.74) is 0.284. The average molecular weight is 240 g/mol. The van der Waals surface area contributed by atoms with E-state index < -0.39 is 5.82 Å². The van der Waals surface area contributed by atoms with Gasteiger partial charge in [-0.05, 0) is 32.2 Å². The Morgan fingerprint density at radius 3 is 2.76 bits per heavy atom. The van der Waals surface area contributed by atoms with E-state index in [9.17, 15) is 9.18 Å². The van der Waals surface area contributed by atoms with Gasteiger partial charge in [0.25, 0.3) is 5.91 Å². The third-order valence-corrected chi connectivity index (χ3v) is 2.48. The number of halogens is 1. The molecule has 1 aromatic carbocycles. The zero-order valence-corrected chi connectivity index (χ0v) is 10.2. The second kappa shape index (κ2) is 6.20. The fourth-order valence-electron chi connectivity index (χ4n) is 1.26. The minimum absolute atomic E-state index is 0.130. The molecule has 0 aliphatic carbocycles. The summed E-state index contributed by atoms with van der Waals surface area (Å²) in [6.45, 7) is 2.43. The first-order valence-corrected chi connectivity index (χ1v) is 5.37. The van der Waals surface area contributed by atoms with Crippen LogP contribution in [0.15, 0.2) is 18.2 Å². The van der Waals surface area contributed by atoms with E-state index in [1.165, 1.54) is 19.2 Å². The summed E-state index contributed by atoms with van der Waals surface area (Å²) in [6, 6.07) is 4.30. The number of carbonyl (C=O) groups excluding carboxylic acids is 1. The average Bonchev–Trinajstić information content (AvgIpc) is 2.35. The molecule has 0 radical (unpaired) electrons. The number of rotatable bonds is 5. The second-order valence-corrected chi connectivity index (χ2v) is 3.75. The van der Waals surface area contributed by atoms with Crippen LogP contribution in [0, 0.1) is 5.82 Å². The van der Waals surface area contributed by atoms with Crippen molar-refractivity contribution in [3.8, 4) is 5.75 Å². The Bertz CT molecular complexity index is 396. The minimum atomic E-state index is -0.540. The Hall–Kier alpha value is -1.62. The van der Waals surface area contributed by atoms with Crippen molar-refractivity contribution in [1.29, 1.82) is 0 Å². The molecule has 0 heterocycles. The van der Waals surface area contributed by atoms with Crippen LogP contribution in [0.25, 0.3) is 0 Å². The number of benzene rings is 1. The third-order valence-electron chi connectivity index (χ3n) is 2.48. The van der Waals surface area contributed by atoms with Crippen LogP contribution in [0.5, 0.6) is 5.75 Å². The molecule has 5 heteroatoms. The van der Waals surface area contributed by atoms with Gasteiger partial charge in [0, 0.05) is 18.2 Å². The molecule has 94 valence electrons. The number of hydrogen-bond acceptors (Lipinski definition) is 3. The van der Waals surface area contributed by atoms with Gasteiger partial charge in [0.15, 0.2) is 11.6 Å². The summed E-state index contributed by atoms with van der Waals surface area (Å²) in [7, 11) is 3.19. The lowest BCUT2D eigenvalue weighted by atomic mass is 10.2. The number of hydrogen-bond donors (Lipinski definition) is 2. The van der Waals surface area contributed by atoms with Gasteiger partial charge in [0.2, 0.25) is 0 Å². The molecule has 1 aromatic rings. The van der Waals surface area contributed by atoms with Crippen molar-refractivity contribution in [3.05, 3.63) is 29.6 Å². The van der Waals surface area contributed by atoms with Gasteiger partial charge in [-0.15, -0.1) is 0 Å². The van der Waals surface area contributed by atoms with Gasteiger partial charge < -0.3 is 15.4 Å². The van der Waals surface area contributed by atoms with Gasteiger partial charge in [0.1, 0.15) is 0 Å². The van der Waals surface area contributed by atoms with E-state index in [0.29, 0.717) is 6.54 Å². The van der Waals surface area contributed by atoms with E-state index in [4.69, 9.17) is 4.74 Å². The van der Waals surface area contributed by atoms with Crippen molar-refractivity contribution in [1.82, 2.24) is 10.6 Å². The van der Waals surface area contributed by atoms with Crippen LogP contribution < -0.4 is 15.4 Å². The van der Waals surface area contributed by atoms with E-state index in [0.717, 1.165) is 6.07 Å². The lowest BCUT2D eigenvalue weighted by Gasteiger charge is -2.11. The maximum Gasteiger partial charge on any atom is 0.251 e. The lowest BCUT2D eigenvalue weighted by Crippen LogP contribution is -2.37. The van der Waals surface area contributed by atoms with Gasteiger partial charge in [-0.3, -0.25) is 4.79 Å². The summed E-state index contributed by atoms with van der Waals surface area (Å²) >= 11 is 0. The zero-order valence-electron chi connectivity index (χ0n) is 10.2. The first-order valence-electron chi connectivity index (χ1n) is 5.37. The summed E-state index contributed by atoms with van der Waals surface area (Å²) in [5.74, 6) is -0.708. The largest absolute Gasteiger partial charge is 0.494 e. The SMILES string of the molecule is CNC(C)CNC(=O)c1ccc(OC)c(F)c1. The molecule has 0 aliphatic rings. The molecule has 2 N–H and O–H groups in total. The lowest BCUT2D eigenvalue weighted by molar-refractivity contribution is 0.0950. The van der Waals surface area contributed by atoms with Crippen LogP contribution in [0.2, 0.25) is 0 Å². The van der Waals surface area contributed by atoms with Gasteiger partial charge >= 0.3 is 0 Å². The normalized spacial score (nSPS) is 12.0. The summed E-state index contributed by atoms with van der Waals surface area (Å²) in [6.07, 6.45) is 0. The minimum Gasteiger partial charge on any atom is -0.494 e. The molecule has 17 heavy (non-hydrogen) atoms. The van der Waals surface area contributed by atoms with E-state index in [2.05, 4.69) is 10.6 Å². The predicted octanol–water partition coefficient (Wildman–Crippen LogP) is 1.17. The van der Waals surface area contributed by atoms with Crippen LogP contribution in [0.1, 0.15) is 17.3 Å². The molecule has 1 amide bonds. The molecular weight excluding hydrogens is 223 g/mol. The van der Waals surface area contributed by atoms with Crippen molar-refractivity contribution in [3.63, 3.8) is 0 Å². The Balaban J connectivity index is 2.66. The summed E-state index contributed by atoms with van der Waals surface area (Å²) in [4.78, 5) is 11.7. The molecule has 0 saturated carbocycles. The highest BCUT2D eigenvalue weighted by atomic mass is 19.1. The van der Waals surface area contributed by atoms with Crippen LogP contribution in [0.4, 0.5) is 4.39 Å². The predicted molar refractivity (Wildman–Crippen MR) is 63.8 cm³/mol. The molecule has 1 atom stereocenters. The molecule has 0 saturated heterocycles.